The summed E-state index contributed by atoms with van der Waals surface area (Å²) in [6, 6.07) is 4.01. The Kier molecular flexibility index (Phi) is 5.14. The molecule has 2 rings (SSSR count). The van der Waals surface area contributed by atoms with Gasteiger partial charge in [0.25, 0.3) is 5.91 Å². The first-order chi connectivity index (χ1) is 9.99. The largest absolute Gasteiger partial charge is 0.343 e. The highest BCUT2D eigenvalue weighted by Crippen LogP contribution is 2.18. The van der Waals surface area contributed by atoms with Gasteiger partial charge in [0.2, 0.25) is 5.91 Å². The summed E-state index contributed by atoms with van der Waals surface area (Å²) in [5.41, 5.74) is -0.231. The number of nitrogens with zero attached hydrogens (tertiary/aromatic N) is 2. The molecule has 1 aromatic carbocycles. The quantitative estimate of drug-likeness (QED) is 0.905. The van der Waals surface area contributed by atoms with Crippen molar-refractivity contribution in [2.45, 2.75) is 0 Å². The van der Waals surface area contributed by atoms with Crippen LogP contribution in [0.1, 0.15) is 10.4 Å². The standard InChI is InChI=1S/C14H17ClFN3O2/c1-18-5-7-19(8-6-18)12(20)9-17-14(21)13-10(15)3-2-4-11(13)16/h2-4H,5-9H2,1H3,(H,17,21). The molecular formula is C14H17ClFN3O2. The van der Waals surface area contributed by atoms with Crippen molar-refractivity contribution in [2.24, 2.45) is 0 Å². The zero-order valence-corrected chi connectivity index (χ0v) is 12.5. The Morgan fingerprint density at radius 2 is 1.95 bits per heavy atom. The third-order valence-corrected chi connectivity index (χ3v) is 3.76. The van der Waals surface area contributed by atoms with Gasteiger partial charge in [-0.3, -0.25) is 9.59 Å². The predicted molar refractivity (Wildman–Crippen MR) is 77.8 cm³/mol. The Labute approximate surface area is 127 Å². The van der Waals surface area contributed by atoms with Crippen LogP contribution in [0.15, 0.2) is 18.2 Å². The van der Waals surface area contributed by atoms with E-state index in [4.69, 9.17) is 11.6 Å². The van der Waals surface area contributed by atoms with E-state index in [1.165, 1.54) is 12.1 Å². The molecule has 0 saturated carbocycles. The first kappa shape index (κ1) is 15.7. The number of benzene rings is 1. The van der Waals surface area contributed by atoms with E-state index >= 15 is 0 Å². The molecule has 7 heteroatoms. The van der Waals surface area contributed by atoms with Crippen LogP contribution in [0.3, 0.4) is 0 Å². The second-order valence-corrected chi connectivity index (χ2v) is 5.37. The molecule has 0 atom stereocenters. The van der Waals surface area contributed by atoms with Gasteiger partial charge >= 0.3 is 0 Å². The smallest absolute Gasteiger partial charge is 0.256 e. The number of carbonyl (C=O) groups excluding carboxylic acids is 2. The van der Waals surface area contributed by atoms with Crippen LogP contribution in [-0.4, -0.2) is 61.4 Å². The third-order valence-electron chi connectivity index (χ3n) is 3.45. The third kappa shape index (κ3) is 3.92. The highest BCUT2D eigenvalue weighted by molar-refractivity contribution is 6.33. The predicted octanol–water partition coefficient (Wildman–Crippen LogP) is 0.983. The van der Waals surface area contributed by atoms with E-state index < -0.39 is 11.7 Å². The molecule has 0 aliphatic carbocycles. The molecule has 1 N–H and O–H groups in total. The van der Waals surface area contributed by atoms with Gasteiger partial charge in [-0.15, -0.1) is 0 Å². The summed E-state index contributed by atoms with van der Waals surface area (Å²) in [7, 11) is 1.99. The molecule has 1 aliphatic rings. The van der Waals surface area contributed by atoms with Gasteiger partial charge in [-0.05, 0) is 19.2 Å². The topological polar surface area (TPSA) is 52.6 Å². The van der Waals surface area contributed by atoms with Crippen LogP contribution in [0.2, 0.25) is 5.02 Å². The molecule has 1 heterocycles. The Hall–Kier alpha value is -1.66. The second kappa shape index (κ2) is 6.87. The van der Waals surface area contributed by atoms with Crippen molar-refractivity contribution in [1.29, 1.82) is 0 Å². The van der Waals surface area contributed by atoms with Gasteiger partial charge in [0.1, 0.15) is 5.82 Å². The van der Waals surface area contributed by atoms with Crippen LogP contribution in [0.25, 0.3) is 0 Å². The number of likely N-dealkylation sites (N-methyl/N-ethyl adjacent to an activating group) is 1. The van der Waals surface area contributed by atoms with Crippen LogP contribution in [0.5, 0.6) is 0 Å². The van der Waals surface area contributed by atoms with Gasteiger partial charge in [0.05, 0.1) is 17.1 Å². The number of nitrogens with one attached hydrogen (secondary N) is 1. The molecule has 1 aliphatic heterocycles. The molecule has 0 radical (unpaired) electrons. The van der Waals surface area contributed by atoms with Crippen molar-refractivity contribution >= 4 is 23.4 Å². The number of rotatable bonds is 3. The van der Waals surface area contributed by atoms with Gasteiger partial charge < -0.3 is 15.1 Å². The summed E-state index contributed by atoms with van der Waals surface area (Å²) >= 11 is 5.80. The average molecular weight is 314 g/mol. The minimum atomic E-state index is -0.702. The number of piperazine rings is 1. The van der Waals surface area contributed by atoms with Gasteiger partial charge in [-0.25, -0.2) is 4.39 Å². The number of hydrogen-bond acceptors (Lipinski definition) is 3. The zero-order chi connectivity index (χ0) is 15.4. The van der Waals surface area contributed by atoms with Crippen molar-refractivity contribution in [1.82, 2.24) is 15.1 Å². The lowest BCUT2D eigenvalue weighted by Crippen LogP contribution is -2.50. The lowest BCUT2D eigenvalue weighted by atomic mass is 10.2. The number of hydrogen-bond donors (Lipinski definition) is 1. The van der Waals surface area contributed by atoms with Crippen LogP contribution < -0.4 is 5.32 Å². The monoisotopic (exact) mass is 313 g/mol. The molecule has 5 nitrogen and oxygen atoms in total. The van der Waals surface area contributed by atoms with Crippen LogP contribution in [0.4, 0.5) is 4.39 Å². The minimum Gasteiger partial charge on any atom is -0.343 e. The SMILES string of the molecule is CN1CCN(C(=O)CNC(=O)c2c(F)cccc2Cl)CC1. The maximum absolute atomic E-state index is 13.6. The Bertz CT molecular complexity index is 525. The Morgan fingerprint density at radius 1 is 1.29 bits per heavy atom. The maximum Gasteiger partial charge on any atom is 0.256 e. The molecule has 0 spiro atoms. The number of amides is 2. The fourth-order valence-corrected chi connectivity index (χ4v) is 2.38. The van der Waals surface area contributed by atoms with E-state index in [9.17, 15) is 14.0 Å². The minimum absolute atomic E-state index is 0.0274. The van der Waals surface area contributed by atoms with Crippen molar-refractivity contribution < 1.29 is 14.0 Å². The van der Waals surface area contributed by atoms with Crippen molar-refractivity contribution in [3.63, 3.8) is 0 Å². The summed E-state index contributed by atoms with van der Waals surface area (Å²) in [4.78, 5) is 27.7. The molecule has 1 saturated heterocycles. The molecule has 2 amide bonds. The summed E-state index contributed by atoms with van der Waals surface area (Å²) in [5.74, 6) is -1.56. The van der Waals surface area contributed by atoms with Crippen LogP contribution in [-0.2, 0) is 4.79 Å². The van der Waals surface area contributed by atoms with E-state index in [1.807, 2.05) is 7.05 Å². The fourth-order valence-electron chi connectivity index (χ4n) is 2.13. The van der Waals surface area contributed by atoms with Gasteiger partial charge in [0, 0.05) is 26.2 Å². The number of carbonyl (C=O) groups is 2. The van der Waals surface area contributed by atoms with Gasteiger partial charge in [0.15, 0.2) is 0 Å². The Balaban J connectivity index is 1.91. The molecule has 114 valence electrons. The lowest BCUT2D eigenvalue weighted by Gasteiger charge is -2.32. The molecular weight excluding hydrogens is 297 g/mol. The first-order valence-corrected chi connectivity index (χ1v) is 7.05. The van der Waals surface area contributed by atoms with E-state index in [2.05, 4.69) is 10.2 Å². The van der Waals surface area contributed by atoms with Crippen molar-refractivity contribution in [3.8, 4) is 0 Å². The average Bonchev–Trinajstić information content (AvgIpc) is 2.45. The Morgan fingerprint density at radius 3 is 2.57 bits per heavy atom. The molecule has 1 aromatic rings. The van der Waals surface area contributed by atoms with Crippen molar-refractivity contribution in [3.05, 3.63) is 34.6 Å². The van der Waals surface area contributed by atoms with E-state index in [0.29, 0.717) is 13.1 Å². The molecule has 0 aromatic heterocycles. The maximum atomic E-state index is 13.6. The van der Waals surface area contributed by atoms with Gasteiger partial charge in [-0.2, -0.15) is 0 Å². The normalized spacial score (nSPS) is 15.9. The van der Waals surface area contributed by atoms with Crippen molar-refractivity contribution in [2.75, 3.05) is 39.8 Å². The summed E-state index contributed by atoms with van der Waals surface area (Å²) in [6.07, 6.45) is 0. The van der Waals surface area contributed by atoms with E-state index in [1.54, 1.807) is 4.90 Å². The fraction of sp³-hybridized carbons (Fsp3) is 0.429. The molecule has 21 heavy (non-hydrogen) atoms. The summed E-state index contributed by atoms with van der Waals surface area (Å²) in [5, 5.41) is 2.45. The first-order valence-electron chi connectivity index (χ1n) is 6.67. The molecule has 1 fully saturated rings. The number of halogens is 2. The summed E-state index contributed by atoms with van der Waals surface area (Å²) in [6.45, 7) is 2.71. The van der Waals surface area contributed by atoms with E-state index in [-0.39, 0.29) is 23.0 Å². The highest BCUT2D eigenvalue weighted by atomic mass is 35.5. The second-order valence-electron chi connectivity index (χ2n) is 4.96. The molecule has 0 bridgehead atoms. The zero-order valence-electron chi connectivity index (χ0n) is 11.7. The summed E-state index contributed by atoms with van der Waals surface area (Å²) < 4.78 is 13.6. The lowest BCUT2D eigenvalue weighted by molar-refractivity contribution is -0.131. The van der Waals surface area contributed by atoms with Crippen LogP contribution >= 0.6 is 11.6 Å². The van der Waals surface area contributed by atoms with Crippen LogP contribution in [0, 0.1) is 5.82 Å². The van der Waals surface area contributed by atoms with E-state index in [0.717, 1.165) is 19.2 Å². The highest BCUT2D eigenvalue weighted by Gasteiger charge is 2.21. The molecule has 0 unspecified atom stereocenters. The van der Waals surface area contributed by atoms with Gasteiger partial charge in [-0.1, -0.05) is 17.7 Å².